The van der Waals surface area contributed by atoms with Crippen LogP contribution in [0.4, 0.5) is 4.39 Å². The summed E-state index contributed by atoms with van der Waals surface area (Å²) >= 11 is 0. The number of aliphatic hydroxyl groups excluding tert-OH is 1. The second-order valence-electron chi connectivity index (χ2n) is 3.07. The van der Waals surface area contributed by atoms with Crippen molar-refractivity contribution in [3.63, 3.8) is 0 Å². The Morgan fingerprint density at radius 1 is 1.64 bits per heavy atom. The Morgan fingerprint density at radius 2 is 2.27 bits per heavy atom. The number of alkyl halides is 1. The zero-order valence-electron chi connectivity index (χ0n) is 6.27. The zero-order chi connectivity index (χ0) is 8.32. The van der Waals surface area contributed by atoms with Crippen molar-refractivity contribution >= 4 is 5.91 Å². The average molecular weight is 161 g/mol. The smallest absolute Gasteiger partial charge is 0.251 e. The van der Waals surface area contributed by atoms with Crippen molar-refractivity contribution in [2.24, 2.45) is 5.41 Å². The van der Waals surface area contributed by atoms with Crippen LogP contribution in [-0.2, 0) is 4.79 Å². The van der Waals surface area contributed by atoms with E-state index in [-0.39, 0.29) is 12.0 Å². The molecule has 2 N–H and O–H groups in total. The lowest BCUT2D eigenvalue weighted by Crippen LogP contribution is -2.32. The lowest BCUT2D eigenvalue weighted by atomic mass is 10.1. The summed E-state index contributed by atoms with van der Waals surface area (Å²) in [6.07, 6.45) is 1.85. The summed E-state index contributed by atoms with van der Waals surface area (Å²) in [7, 11) is 0. The van der Waals surface area contributed by atoms with E-state index in [4.69, 9.17) is 5.11 Å². The molecule has 0 radical (unpaired) electrons. The lowest BCUT2D eigenvalue weighted by Gasteiger charge is -2.10. The summed E-state index contributed by atoms with van der Waals surface area (Å²) in [5, 5.41) is 11.2. The van der Waals surface area contributed by atoms with Crippen molar-refractivity contribution in [2.75, 3.05) is 19.8 Å². The first kappa shape index (κ1) is 8.46. The Kier molecular flexibility index (Phi) is 2.44. The molecule has 0 bridgehead atoms. The molecule has 1 saturated carbocycles. The van der Waals surface area contributed by atoms with Crippen molar-refractivity contribution in [1.29, 1.82) is 0 Å². The van der Waals surface area contributed by atoms with E-state index in [1.807, 2.05) is 0 Å². The second-order valence-corrected chi connectivity index (χ2v) is 3.07. The van der Waals surface area contributed by atoms with Gasteiger partial charge in [-0.2, -0.15) is 0 Å². The quantitative estimate of drug-likeness (QED) is 0.602. The van der Waals surface area contributed by atoms with Crippen LogP contribution in [0, 0.1) is 5.41 Å². The number of halogens is 1. The van der Waals surface area contributed by atoms with E-state index in [1.54, 1.807) is 0 Å². The molecule has 0 heterocycles. The maximum absolute atomic E-state index is 11.6. The maximum atomic E-state index is 11.6. The Labute approximate surface area is 64.6 Å². The van der Waals surface area contributed by atoms with E-state index < -0.39 is 12.6 Å². The van der Waals surface area contributed by atoms with Gasteiger partial charge in [0.15, 0.2) is 6.67 Å². The predicted molar refractivity (Wildman–Crippen MR) is 37.7 cm³/mol. The summed E-state index contributed by atoms with van der Waals surface area (Å²) < 4.78 is 11.6. The Bertz CT molecular complexity index is 157. The monoisotopic (exact) mass is 161 g/mol. The summed E-state index contributed by atoms with van der Waals surface area (Å²) in [5.74, 6) is -0.593. The number of amides is 1. The van der Waals surface area contributed by atoms with Crippen molar-refractivity contribution in [1.82, 2.24) is 5.32 Å². The fourth-order valence-corrected chi connectivity index (χ4v) is 0.901. The van der Waals surface area contributed by atoms with Gasteiger partial charge >= 0.3 is 0 Å². The number of carbonyl (C=O) groups is 1. The van der Waals surface area contributed by atoms with Crippen LogP contribution in [0.5, 0.6) is 0 Å². The molecule has 0 unspecified atom stereocenters. The first-order valence-corrected chi connectivity index (χ1v) is 3.66. The lowest BCUT2D eigenvalue weighted by molar-refractivity contribution is -0.122. The van der Waals surface area contributed by atoms with Gasteiger partial charge in [0.2, 0.25) is 0 Å². The highest BCUT2D eigenvalue weighted by atomic mass is 19.1. The Hall–Kier alpha value is -0.640. The molecule has 0 aromatic rings. The normalized spacial score (nSPS) is 19.5. The van der Waals surface area contributed by atoms with Crippen LogP contribution in [0.2, 0.25) is 0 Å². The molecule has 64 valence electrons. The van der Waals surface area contributed by atoms with Gasteiger partial charge < -0.3 is 10.4 Å². The third kappa shape index (κ3) is 2.15. The van der Waals surface area contributed by atoms with Gasteiger partial charge in [0.05, 0.1) is 6.61 Å². The van der Waals surface area contributed by atoms with Crippen LogP contribution < -0.4 is 5.32 Å². The highest BCUT2D eigenvalue weighted by molar-refractivity contribution is 5.77. The van der Waals surface area contributed by atoms with E-state index >= 15 is 0 Å². The molecule has 1 amide bonds. The molecule has 1 rings (SSSR count). The molecule has 0 atom stereocenters. The molecule has 4 heteroatoms. The molecule has 0 aliphatic heterocycles. The number of hydrogen-bond donors (Lipinski definition) is 2. The number of rotatable bonds is 4. The maximum Gasteiger partial charge on any atom is 0.251 e. The Morgan fingerprint density at radius 3 is 2.64 bits per heavy atom. The minimum Gasteiger partial charge on any atom is -0.396 e. The van der Waals surface area contributed by atoms with Crippen LogP contribution in [0.25, 0.3) is 0 Å². The molecule has 1 aliphatic carbocycles. The minimum absolute atomic E-state index is 0.0829. The minimum atomic E-state index is -0.971. The third-order valence-corrected chi connectivity index (χ3v) is 2.07. The van der Waals surface area contributed by atoms with Crippen molar-refractivity contribution in [2.45, 2.75) is 12.8 Å². The average Bonchev–Trinajstić information content (AvgIpc) is 2.81. The van der Waals surface area contributed by atoms with Gasteiger partial charge in [-0.05, 0) is 12.8 Å². The fourth-order valence-electron chi connectivity index (χ4n) is 0.901. The molecule has 3 nitrogen and oxygen atoms in total. The molecule has 0 aromatic carbocycles. The Balaban J connectivity index is 2.16. The highest BCUT2D eigenvalue weighted by Gasteiger charge is 2.41. The topological polar surface area (TPSA) is 49.3 Å². The number of aliphatic hydroxyl groups is 1. The second kappa shape index (κ2) is 3.17. The highest BCUT2D eigenvalue weighted by Crippen LogP contribution is 2.44. The van der Waals surface area contributed by atoms with Crippen LogP contribution in [0.1, 0.15) is 12.8 Å². The molecule has 0 spiro atoms. The van der Waals surface area contributed by atoms with Crippen LogP contribution >= 0.6 is 0 Å². The van der Waals surface area contributed by atoms with Gasteiger partial charge in [-0.1, -0.05) is 0 Å². The van der Waals surface area contributed by atoms with Gasteiger partial charge in [-0.3, -0.25) is 4.79 Å². The first-order valence-electron chi connectivity index (χ1n) is 3.66. The molecule has 11 heavy (non-hydrogen) atoms. The van der Waals surface area contributed by atoms with Gasteiger partial charge in [0.25, 0.3) is 5.91 Å². The van der Waals surface area contributed by atoms with Crippen molar-refractivity contribution in [3.8, 4) is 0 Å². The summed E-state index contributed by atoms with van der Waals surface area (Å²) in [6, 6.07) is 0. The van der Waals surface area contributed by atoms with Gasteiger partial charge in [0.1, 0.15) is 0 Å². The van der Waals surface area contributed by atoms with Gasteiger partial charge in [-0.15, -0.1) is 0 Å². The molecule has 0 saturated heterocycles. The molecular weight excluding hydrogens is 149 g/mol. The molecule has 1 aliphatic rings. The number of hydrogen-bond acceptors (Lipinski definition) is 2. The summed E-state index contributed by atoms with van der Waals surface area (Å²) in [5.41, 5.74) is -0.120. The van der Waals surface area contributed by atoms with E-state index in [1.165, 1.54) is 0 Å². The molecule has 1 fully saturated rings. The molecular formula is C7H12FNO2. The first-order chi connectivity index (χ1) is 5.22. The fraction of sp³-hybridized carbons (Fsp3) is 0.857. The van der Waals surface area contributed by atoms with E-state index in [9.17, 15) is 9.18 Å². The van der Waals surface area contributed by atoms with E-state index in [0.717, 1.165) is 12.8 Å². The van der Waals surface area contributed by atoms with Gasteiger partial charge in [-0.25, -0.2) is 4.39 Å². The van der Waals surface area contributed by atoms with E-state index in [0.29, 0.717) is 6.54 Å². The predicted octanol–water partition coefficient (Wildman–Crippen LogP) is -0.155. The van der Waals surface area contributed by atoms with Crippen molar-refractivity contribution in [3.05, 3.63) is 0 Å². The number of nitrogens with one attached hydrogen (secondary N) is 1. The van der Waals surface area contributed by atoms with E-state index in [2.05, 4.69) is 5.32 Å². The van der Waals surface area contributed by atoms with Crippen LogP contribution in [-0.4, -0.2) is 30.8 Å². The van der Waals surface area contributed by atoms with Crippen LogP contribution in [0.15, 0.2) is 0 Å². The zero-order valence-corrected chi connectivity index (χ0v) is 6.27. The SMILES string of the molecule is O=C(CF)NCC1(CO)CC1. The third-order valence-electron chi connectivity index (χ3n) is 2.07. The van der Waals surface area contributed by atoms with Gasteiger partial charge in [0, 0.05) is 12.0 Å². The molecule has 0 aromatic heterocycles. The van der Waals surface area contributed by atoms with Crippen molar-refractivity contribution < 1.29 is 14.3 Å². The summed E-state index contributed by atoms with van der Waals surface area (Å²) in [6.45, 7) is -0.479. The number of carbonyl (C=O) groups excluding carboxylic acids is 1. The standard InChI is InChI=1S/C7H12FNO2/c8-3-6(11)9-4-7(5-10)1-2-7/h10H,1-5H2,(H,9,11). The van der Waals surface area contributed by atoms with Crippen LogP contribution in [0.3, 0.4) is 0 Å². The summed E-state index contributed by atoms with van der Waals surface area (Å²) in [4.78, 5) is 10.4. The largest absolute Gasteiger partial charge is 0.396 e.